The van der Waals surface area contributed by atoms with Crippen LogP contribution in [0.2, 0.25) is 12.6 Å². The zero-order chi connectivity index (χ0) is 33.2. The number of nitrogens with zero attached hydrogens (tertiary/aromatic N) is 1. The molecule has 0 aromatic heterocycles. The van der Waals surface area contributed by atoms with Crippen molar-refractivity contribution in [1.82, 2.24) is 5.32 Å². The Morgan fingerprint density at radius 3 is 1.78 bits per heavy atom. The Bertz CT molecular complexity index is 877. The van der Waals surface area contributed by atoms with Gasteiger partial charge in [0, 0.05) is 19.6 Å². The number of amides is 1. The number of hydrogen-bond acceptors (Lipinski definition) is 5. The van der Waals surface area contributed by atoms with Gasteiger partial charge >= 0.3 is 14.5 Å². The van der Waals surface area contributed by atoms with Crippen molar-refractivity contribution in [3.63, 3.8) is 0 Å². The SMILES string of the molecule is CCCCCCCCCCCCCCCCOC(=O)[C@H](Cc1ccccc1)NC(=O)C[N+](C)(C)CCC[Si](C)(OCC)OCC. The molecule has 7 nitrogen and oxygen atoms in total. The van der Waals surface area contributed by atoms with Crippen LogP contribution in [-0.2, 0) is 29.6 Å². The van der Waals surface area contributed by atoms with E-state index >= 15 is 0 Å². The molecule has 260 valence electrons. The molecule has 0 bridgehead atoms. The number of likely N-dealkylation sites (N-methyl/N-ethyl adjacent to an activating group) is 1. The molecule has 0 fully saturated rings. The number of benzene rings is 1. The summed E-state index contributed by atoms with van der Waals surface area (Å²) in [5.41, 5.74) is 1.00. The normalized spacial score (nSPS) is 12.7. The number of carbonyl (C=O) groups is 2. The zero-order valence-corrected chi connectivity index (χ0v) is 31.0. The van der Waals surface area contributed by atoms with E-state index in [4.69, 9.17) is 13.6 Å². The molecule has 8 heteroatoms. The molecule has 1 aromatic carbocycles. The van der Waals surface area contributed by atoms with Crippen LogP contribution in [0.15, 0.2) is 30.3 Å². The molecule has 1 aromatic rings. The van der Waals surface area contributed by atoms with E-state index in [1.807, 2.05) is 44.2 Å². The Morgan fingerprint density at radius 1 is 0.756 bits per heavy atom. The molecule has 45 heavy (non-hydrogen) atoms. The van der Waals surface area contributed by atoms with Gasteiger partial charge in [0.05, 0.1) is 27.2 Å². The third-order valence-corrected chi connectivity index (χ3v) is 11.6. The lowest BCUT2D eigenvalue weighted by Crippen LogP contribution is -2.52. The maximum Gasteiger partial charge on any atom is 0.335 e. The number of carbonyl (C=O) groups excluding carboxylic acids is 2. The van der Waals surface area contributed by atoms with Gasteiger partial charge in [-0.25, -0.2) is 4.79 Å². The van der Waals surface area contributed by atoms with Crippen LogP contribution < -0.4 is 5.32 Å². The highest BCUT2D eigenvalue weighted by atomic mass is 28.4. The number of rotatable bonds is 29. The van der Waals surface area contributed by atoms with Gasteiger partial charge in [0.2, 0.25) is 0 Å². The summed E-state index contributed by atoms with van der Waals surface area (Å²) in [6, 6.07) is 10.0. The van der Waals surface area contributed by atoms with E-state index in [-0.39, 0.29) is 11.9 Å². The fraction of sp³-hybridized carbons (Fsp3) is 0.784. The molecule has 1 amide bonds. The first kappa shape index (κ1) is 41.3. The van der Waals surface area contributed by atoms with E-state index in [0.29, 0.717) is 37.3 Å². The highest BCUT2D eigenvalue weighted by molar-refractivity contribution is 6.66. The van der Waals surface area contributed by atoms with Crippen molar-refractivity contribution in [3.05, 3.63) is 35.9 Å². The predicted molar refractivity (Wildman–Crippen MR) is 189 cm³/mol. The Kier molecular flexibility index (Phi) is 23.3. The molecule has 0 aliphatic carbocycles. The van der Waals surface area contributed by atoms with E-state index in [0.717, 1.165) is 37.4 Å². The minimum absolute atomic E-state index is 0.135. The molecule has 0 aliphatic heterocycles. The monoisotopic (exact) mass is 649 g/mol. The average Bonchev–Trinajstić information content (AvgIpc) is 2.99. The smallest absolute Gasteiger partial charge is 0.335 e. The van der Waals surface area contributed by atoms with Gasteiger partial charge < -0.3 is 23.4 Å². The maximum atomic E-state index is 13.2. The summed E-state index contributed by atoms with van der Waals surface area (Å²) in [5, 5.41) is 3.00. The summed E-state index contributed by atoms with van der Waals surface area (Å²) in [7, 11) is 1.93. The van der Waals surface area contributed by atoms with Crippen molar-refractivity contribution >= 4 is 20.4 Å². The highest BCUT2D eigenvalue weighted by Gasteiger charge is 2.32. The fourth-order valence-electron chi connectivity index (χ4n) is 5.95. The molecule has 1 atom stereocenters. The van der Waals surface area contributed by atoms with Crippen LogP contribution in [0.1, 0.15) is 123 Å². The van der Waals surface area contributed by atoms with Crippen molar-refractivity contribution in [2.24, 2.45) is 0 Å². The molecular weight excluding hydrogens is 581 g/mol. The lowest BCUT2D eigenvalue weighted by molar-refractivity contribution is -0.882. The minimum Gasteiger partial charge on any atom is -0.464 e. The highest BCUT2D eigenvalue weighted by Crippen LogP contribution is 2.18. The van der Waals surface area contributed by atoms with Gasteiger partial charge in [-0.3, -0.25) is 4.79 Å². The standard InChI is InChI=1S/C37H68N2O5Si/c1-7-10-11-12-13-14-15-16-17-18-19-20-21-25-30-42-37(41)35(32-34-27-23-22-24-28-34)38-36(40)33-39(4,5)29-26-31-45(6,43-8-2)44-9-3/h22-24,27-28,35H,7-21,25-26,29-33H2,1-6H3/p+1/t35-/m0/s1. The third kappa shape index (κ3) is 21.6. The lowest BCUT2D eigenvalue weighted by Gasteiger charge is -2.32. The third-order valence-electron chi connectivity index (χ3n) is 8.51. The molecule has 0 spiro atoms. The van der Waals surface area contributed by atoms with Gasteiger partial charge in [-0.15, -0.1) is 0 Å². The largest absolute Gasteiger partial charge is 0.464 e. The van der Waals surface area contributed by atoms with Gasteiger partial charge in [0.25, 0.3) is 5.91 Å². The number of esters is 1. The number of unbranched alkanes of at least 4 members (excludes halogenated alkanes) is 13. The Labute approximate surface area is 278 Å². The first-order valence-electron chi connectivity index (χ1n) is 18.2. The first-order valence-corrected chi connectivity index (χ1v) is 20.8. The van der Waals surface area contributed by atoms with Crippen molar-refractivity contribution in [3.8, 4) is 0 Å². The van der Waals surface area contributed by atoms with Gasteiger partial charge in [-0.1, -0.05) is 121 Å². The van der Waals surface area contributed by atoms with Gasteiger partial charge in [-0.2, -0.15) is 0 Å². The predicted octanol–water partition coefficient (Wildman–Crippen LogP) is 8.35. The van der Waals surface area contributed by atoms with E-state index < -0.39 is 14.6 Å². The molecule has 0 unspecified atom stereocenters. The second kappa shape index (κ2) is 25.4. The number of ether oxygens (including phenoxy) is 1. The fourth-order valence-corrected chi connectivity index (χ4v) is 8.34. The van der Waals surface area contributed by atoms with Crippen molar-refractivity contribution < 1.29 is 27.7 Å². The van der Waals surface area contributed by atoms with Crippen LogP contribution >= 0.6 is 0 Å². The molecule has 0 radical (unpaired) electrons. The Balaban J connectivity index is 2.41. The van der Waals surface area contributed by atoms with Crippen LogP contribution in [0.5, 0.6) is 0 Å². The molecule has 0 saturated heterocycles. The maximum absolute atomic E-state index is 13.2. The van der Waals surface area contributed by atoms with E-state index in [9.17, 15) is 9.59 Å². The molecule has 0 aliphatic rings. The summed E-state index contributed by atoms with van der Waals surface area (Å²) < 4.78 is 18.2. The van der Waals surface area contributed by atoms with E-state index in [1.54, 1.807) is 0 Å². The lowest BCUT2D eigenvalue weighted by atomic mass is 10.0. The number of nitrogens with one attached hydrogen (secondary N) is 1. The molecule has 1 N–H and O–H groups in total. The molecule has 1 rings (SSSR count). The van der Waals surface area contributed by atoms with Crippen molar-refractivity contribution in [2.45, 2.75) is 142 Å². The van der Waals surface area contributed by atoms with Gasteiger partial charge in [0.15, 0.2) is 6.54 Å². The number of quaternary nitrogens is 1. The average molecular weight is 650 g/mol. The minimum atomic E-state index is -2.18. The topological polar surface area (TPSA) is 73.9 Å². The summed E-state index contributed by atoms with van der Waals surface area (Å²) in [5.74, 6) is -0.480. The Morgan fingerprint density at radius 2 is 1.27 bits per heavy atom. The molecule has 0 saturated carbocycles. The summed E-state index contributed by atoms with van der Waals surface area (Å²) in [6.45, 7) is 11.2. The zero-order valence-electron chi connectivity index (χ0n) is 30.0. The van der Waals surface area contributed by atoms with Gasteiger partial charge in [0.1, 0.15) is 6.04 Å². The first-order chi connectivity index (χ1) is 21.6. The van der Waals surface area contributed by atoms with Crippen LogP contribution in [0.3, 0.4) is 0 Å². The van der Waals surface area contributed by atoms with Crippen molar-refractivity contribution in [2.75, 3.05) is 47.0 Å². The molecular formula is C37H69N2O5Si+. The summed E-state index contributed by atoms with van der Waals surface area (Å²) in [6.07, 6.45) is 19.4. The van der Waals surface area contributed by atoms with E-state index in [2.05, 4.69) is 32.9 Å². The molecule has 0 heterocycles. The van der Waals surface area contributed by atoms with Crippen LogP contribution in [0.25, 0.3) is 0 Å². The second-order valence-corrected chi connectivity index (χ2v) is 16.8. The van der Waals surface area contributed by atoms with Crippen LogP contribution in [0, 0.1) is 0 Å². The van der Waals surface area contributed by atoms with Crippen LogP contribution in [-0.4, -0.2) is 78.0 Å². The van der Waals surface area contributed by atoms with Crippen LogP contribution in [0.4, 0.5) is 0 Å². The number of hydrogen-bond donors (Lipinski definition) is 1. The second-order valence-electron chi connectivity index (χ2n) is 13.5. The van der Waals surface area contributed by atoms with E-state index in [1.165, 1.54) is 77.0 Å². The van der Waals surface area contributed by atoms with Gasteiger partial charge in [-0.05, 0) is 44.8 Å². The van der Waals surface area contributed by atoms with Crippen molar-refractivity contribution in [1.29, 1.82) is 0 Å². The summed E-state index contributed by atoms with van der Waals surface area (Å²) >= 11 is 0. The summed E-state index contributed by atoms with van der Waals surface area (Å²) in [4.78, 5) is 26.3. The quantitative estimate of drug-likeness (QED) is 0.0409. The Hall–Kier alpha value is -1.74.